The summed E-state index contributed by atoms with van der Waals surface area (Å²) in [6.07, 6.45) is 5.19. The molecule has 4 rings (SSSR count). The first-order valence-corrected chi connectivity index (χ1v) is 9.90. The van der Waals surface area contributed by atoms with Crippen LogP contribution in [0.4, 0.5) is 0 Å². The number of hydrogen-bond acceptors (Lipinski definition) is 5. The summed E-state index contributed by atoms with van der Waals surface area (Å²) in [6, 6.07) is 7.58. The third-order valence-electron chi connectivity index (χ3n) is 5.69. The van der Waals surface area contributed by atoms with Crippen LogP contribution in [0.15, 0.2) is 30.5 Å². The minimum Gasteiger partial charge on any atom is -0.497 e. The summed E-state index contributed by atoms with van der Waals surface area (Å²) in [7, 11) is 3.26. The number of methoxy groups -OCH3 is 2. The van der Waals surface area contributed by atoms with Gasteiger partial charge in [0.05, 0.1) is 19.8 Å². The maximum absolute atomic E-state index is 13.4. The predicted molar refractivity (Wildman–Crippen MR) is 110 cm³/mol. The van der Waals surface area contributed by atoms with Crippen LogP contribution in [0, 0.1) is 12.8 Å². The van der Waals surface area contributed by atoms with Crippen LogP contribution in [-0.2, 0) is 6.54 Å². The topological polar surface area (TPSA) is 80.3 Å². The van der Waals surface area contributed by atoms with E-state index in [-0.39, 0.29) is 5.91 Å². The highest BCUT2D eigenvalue weighted by Crippen LogP contribution is 2.31. The van der Waals surface area contributed by atoms with Gasteiger partial charge in [0.2, 0.25) is 0 Å². The zero-order chi connectivity index (χ0) is 20.4. The minimum absolute atomic E-state index is 0.0234. The summed E-state index contributed by atoms with van der Waals surface area (Å²) in [4.78, 5) is 19.7. The number of aromatic nitrogens is 3. The molecule has 7 nitrogen and oxygen atoms in total. The van der Waals surface area contributed by atoms with E-state index in [1.54, 1.807) is 20.4 Å². The van der Waals surface area contributed by atoms with E-state index in [2.05, 4.69) is 15.2 Å². The van der Waals surface area contributed by atoms with Crippen molar-refractivity contribution in [3.63, 3.8) is 0 Å². The van der Waals surface area contributed by atoms with Gasteiger partial charge < -0.3 is 14.4 Å². The summed E-state index contributed by atoms with van der Waals surface area (Å²) in [5.74, 6) is 1.97. The van der Waals surface area contributed by atoms with E-state index in [9.17, 15) is 4.79 Å². The van der Waals surface area contributed by atoms with Crippen molar-refractivity contribution in [2.24, 2.45) is 5.92 Å². The molecule has 0 spiro atoms. The fourth-order valence-corrected chi connectivity index (χ4v) is 3.71. The number of ether oxygens (including phenoxy) is 2. The summed E-state index contributed by atoms with van der Waals surface area (Å²) in [6.45, 7) is 3.14. The molecule has 1 saturated carbocycles. The maximum atomic E-state index is 13.4. The fraction of sp³-hybridized carbons (Fsp3) is 0.409. The Labute approximate surface area is 170 Å². The van der Waals surface area contributed by atoms with Gasteiger partial charge in [-0.3, -0.25) is 9.89 Å². The second-order valence-corrected chi connectivity index (χ2v) is 7.60. The quantitative estimate of drug-likeness (QED) is 0.660. The largest absolute Gasteiger partial charge is 0.497 e. The average Bonchev–Trinajstić information content (AvgIpc) is 3.09. The third-order valence-corrected chi connectivity index (χ3v) is 5.69. The summed E-state index contributed by atoms with van der Waals surface area (Å²) in [5.41, 5.74) is 3.06. The van der Waals surface area contributed by atoms with Crippen LogP contribution in [0.1, 0.15) is 40.9 Å². The Balaban J connectivity index is 1.63. The van der Waals surface area contributed by atoms with E-state index in [0.717, 1.165) is 34.7 Å². The molecule has 2 heterocycles. The standard InChI is InChI=1S/C22H26N4O3/c1-14-19-9-17(11-23-21(19)25-24-14)22(27)26(12-15-5-4-6-15)13-16-7-8-18(28-2)10-20(16)29-3/h7-11,15H,4-6,12-13H2,1-3H3,(H,23,24,25). The summed E-state index contributed by atoms with van der Waals surface area (Å²) < 4.78 is 10.8. The molecule has 152 valence electrons. The molecule has 7 heteroatoms. The highest BCUT2D eigenvalue weighted by Gasteiger charge is 2.26. The van der Waals surface area contributed by atoms with Crippen LogP contribution in [0.2, 0.25) is 0 Å². The Morgan fingerprint density at radius 2 is 2.07 bits per heavy atom. The van der Waals surface area contributed by atoms with E-state index in [1.807, 2.05) is 36.1 Å². The van der Waals surface area contributed by atoms with Crippen LogP contribution in [0.3, 0.4) is 0 Å². The lowest BCUT2D eigenvalue weighted by atomic mass is 9.85. The average molecular weight is 394 g/mol. The number of rotatable bonds is 7. The van der Waals surface area contributed by atoms with Crippen molar-refractivity contribution in [3.8, 4) is 11.5 Å². The van der Waals surface area contributed by atoms with Crippen molar-refractivity contribution in [1.29, 1.82) is 0 Å². The molecule has 1 aliphatic rings. The van der Waals surface area contributed by atoms with E-state index in [0.29, 0.717) is 23.7 Å². The molecule has 0 saturated heterocycles. The number of pyridine rings is 1. The second-order valence-electron chi connectivity index (χ2n) is 7.60. The molecule has 1 aromatic carbocycles. The smallest absolute Gasteiger partial charge is 0.255 e. The lowest BCUT2D eigenvalue weighted by Gasteiger charge is -2.33. The lowest BCUT2D eigenvalue weighted by Crippen LogP contribution is -2.37. The van der Waals surface area contributed by atoms with Gasteiger partial charge in [-0.1, -0.05) is 6.42 Å². The molecule has 1 amide bonds. The van der Waals surface area contributed by atoms with Crippen molar-refractivity contribution < 1.29 is 14.3 Å². The van der Waals surface area contributed by atoms with Crippen LogP contribution in [0.25, 0.3) is 11.0 Å². The zero-order valence-corrected chi connectivity index (χ0v) is 17.1. The van der Waals surface area contributed by atoms with Gasteiger partial charge in [-0.05, 0) is 43.9 Å². The Bertz CT molecular complexity index is 1030. The SMILES string of the molecule is COc1ccc(CN(CC2CCC2)C(=O)c2cnc3n[nH]c(C)c3c2)c(OC)c1. The van der Waals surface area contributed by atoms with Gasteiger partial charge in [0.25, 0.3) is 5.91 Å². The number of H-pyrrole nitrogens is 1. The second kappa shape index (κ2) is 8.11. The molecule has 3 aromatic rings. The number of carbonyl (C=O) groups excluding carboxylic acids is 1. The number of amides is 1. The fourth-order valence-electron chi connectivity index (χ4n) is 3.71. The Morgan fingerprint density at radius 1 is 1.24 bits per heavy atom. The van der Waals surface area contributed by atoms with Gasteiger partial charge in [-0.15, -0.1) is 0 Å². The van der Waals surface area contributed by atoms with E-state index in [1.165, 1.54) is 19.3 Å². The molecule has 0 aliphatic heterocycles. The highest BCUT2D eigenvalue weighted by molar-refractivity contribution is 5.97. The lowest BCUT2D eigenvalue weighted by molar-refractivity contribution is 0.0678. The molecule has 1 fully saturated rings. The van der Waals surface area contributed by atoms with Crippen LogP contribution in [-0.4, -0.2) is 46.8 Å². The number of nitrogens with one attached hydrogen (secondary N) is 1. The zero-order valence-electron chi connectivity index (χ0n) is 17.1. The van der Waals surface area contributed by atoms with Gasteiger partial charge >= 0.3 is 0 Å². The number of aromatic amines is 1. The molecular formula is C22H26N4O3. The molecular weight excluding hydrogens is 368 g/mol. The molecule has 29 heavy (non-hydrogen) atoms. The monoisotopic (exact) mass is 394 g/mol. The highest BCUT2D eigenvalue weighted by atomic mass is 16.5. The van der Waals surface area contributed by atoms with Gasteiger partial charge in [0, 0.05) is 42.0 Å². The Kier molecular flexibility index (Phi) is 5.38. The van der Waals surface area contributed by atoms with Gasteiger partial charge in [0.15, 0.2) is 5.65 Å². The molecule has 1 N–H and O–H groups in total. The van der Waals surface area contributed by atoms with Crippen molar-refractivity contribution in [2.45, 2.75) is 32.7 Å². The van der Waals surface area contributed by atoms with E-state index in [4.69, 9.17) is 9.47 Å². The first-order valence-electron chi connectivity index (χ1n) is 9.90. The summed E-state index contributed by atoms with van der Waals surface area (Å²) in [5, 5.41) is 7.95. The van der Waals surface area contributed by atoms with Crippen molar-refractivity contribution >= 4 is 16.9 Å². The third kappa shape index (κ3) is 3.90. The van der Waals surface area contributed by atoms with Crippen LogP contribution >= 0.6 is 0 Å². The number of aryl methyl sites for hydroxylation is 1. The van der Waals surface area contributed by atoms with E-state index < -0.39 is 0 Å². The number of hydrogen-bond donors (Lipinski definition) is 1. The molecule has 1 aliphatic carbocycles. The predicted octanol–water partition coefficient (Wildman–Crippen LogP) is 3.73. The van der Waals surface area contributed by atoms with Crippen molar-refractivity contribution in [2.75, 3.05) is 20.8 Å². The normalized spacial score (nSPS) is 13.9. The van der Waals surface area contributed by atoms with Crippen molar-refractivity contribution in [1.82, 2.24) is 20.1 Å². The summed E-state index contributed by atoms with van der Waals surface area (Å²) >= 11 is 0. The number of benzene rings is 1. The van der Waals surface area contributed by atoms with Crippen molar-refractivity contribution in [3.05, 3.63) is 47.3 Å². The van der Waals surface area contributed by atoms with Crippen LogP contribution in [0.5, 0.6) is 11.5 Å². The van der Waals surface area contributed by atoms with Gasteiger partial charge in [-0.2, -0.15) is 5.10 Å². The number of nitrogens with zero attached hydrogens (tertiary/aromatic N) is 3. The number of carbonyl (C=O) groups is 1. The van der Waals surface area contributed by atoms with Gasteiger partial charge in [-0.25, -0.2) is 4.98 Å². The first kappa shape index (κ1) is 19.2. The Hall–Kier alpha value is -3.09. The molecule has 0 unspecified atom stereocenters. The van der Waals surface area contributed by atoms with Crippen LogP contribution < -0.4 is 9.47 Å². The van der Waals surface area contributed by atoms with Gasteiger partial charge in [0.1, 0.15) is 11.5 Å². The molecule has 0 radical (unpaired) electrons. The first-order chi connectivity index (χ1) is 14.1. The number of fused-ring (bicyclic) bond motifs is 1. The molecule has 0 bridgehead atoms. The minimum atomic E-state index is -0.0234. The Morgan fingerprint density at radius 3 is 2.76 bits per heavy atom. The maximum Gasteiger partial charge on any atom is 0.255 e. The molecule has 2 aromatic heterocycles. The van der Waals surface area contributed by atoms with E-state index >= 15 is 0 Å². The molecule has 0 atom stereocenters.